The first-order valence-electron chi connectivity index (χ1n) is 11.4. The number of likely N-dealkylation sites (tertiary alicyclic amines) is 2. The second kappa shape index (κ2) is 8.56. The van der Waals surface area contributed by atoms with Crippen LogP contribution in [-0.2, 0) is 14.4 Å². The molecule has 8 heteroatoms. The highest BCUT2D eigenvalue weighted by Crippen LogP contribution is 2.40. The van der Waals surface area contributed by atoms with Crippen molar-refractivity contribution in [1.29, 1.82) is 0 Å². The average Bonchev–Trinajstić information content (AvgIpc) is 2.92. The van der Waals surface area contributed by atoms with Gasteiger partial charge in [-0.05, 0) is 45.2 Å². The maximum Gasteiger partial charge on any atom is 0.245 e. The van der Waals surface area contributed by atoms with Crippen molar-refractivity contribution in [2.75, 3.05) is 19.6 Å². The summed E-state index contributed by atoms with van der Waals surface area (Å²) in [7, 11) is 0. The summed E-state index contributed by atoms with van der Waals surface area (Å²) in [4.78, 5) is 53.6. The number of carbonyl (C=O) groups excluding carboxylic acids is 4. The minimum Gasteiger partial charge on any atom is -0.486 e. The Labute approximate surface area is 188 Å². The number of amides is 3. The van der Waals surface area contributed by atoms with Crippen molar-refractivity contribution in [3.63, 3.8) is 0 Å². The van der Waals surface area contributed by atoms with Crippen molar-refractivity contribution in [1.82, 2.24) is 9.80 Å². The van der Waals surface area contributed by atoms with Gasteiger partial charge in [0, 0.05) is 38.4 Å². The van der Waals surface area contributed by atoms with E-state index in [0.717, 1.165) is 5.56 Å². The summed E-state index contributed by atoms with van der Waals surface area (Å²) in [5, 5.41) is 0. The second-order valence-corrected chi connectivity index (χ2v) is 9.40. The number of aryl methyl sites for hydroxylation is 1. The molecule has 0 saturated carbocycles. The molecule has 1 aromatic carbocycles. The third-order valence-electron chi connectivity index (χ3n) is 7.20. The second-order valence-electron chi connectivity index (χ2n) is 9.40. The fourth-order valence-corrected chi connectivity index (χ4v) is 5.13. The Morgan fingerprint density at radius 3 is 2.56 bits per heavy atom. The smallest absolute Gasteiger partial charge is 0.245 e. The summed E-state index contributed by atoms with van der Waals surface area (Å²) in [6.45, 7) is 4.99. The molecule has 4 rings (SSSR count). The summed E-state index contributed by atoms with van der Waals surface area (Å²) in [5.74, 6) is -0.107. The van der Waals surface area contributed by atoms with Crippen LogP contribution >= 0.6 is 0 Å². The Hall–Kier alpha value is -2.90. The van der Waals surface area contributed by atoms with Crippen LogP contribution < -0.4 is 10.5 Å². The highest BCUT2D eigenvalue weighted by molar-refractivity contribution is 6.00. The van der Waals surface area contributed by atoms with Crippen LogP contribution in [0.4, 0.5) is 0 Å². The number of primary amides is 1. The molecule has 2 saturated heterocycles. The molecule has 1 spiro atoms. The fraction of sp³-hybridized carbons (Fsp3) is 0.583. The van der Waals surface area contributed by atoms with E-state index < -0.39 is 11.6 Å². The predicted octanol–water partition coefficient (Wildman–Crippen LogP) is 1.82. The van der Waals surface area contributed by atoms with E-state index in [2.05, 4.69) is 0 Å². The Kier molecular flexibility index (Phi) is 5.97. The number of Topliss-reactive ketones (excluding diaryl/α,β-unsaturated/α-hetero) is 1. The fourth-order valence-electron chi connectivity index (χ4n) is 5.13. The molecule has 3 aliphatic heterocycles. The lowest BCUT2D eigenvalue weighted by atomic mass is 9.84. The van der Waals surface area contributed by atoms with E-state index in [-0.39, 0.29) is 42.3 Å². The number of fused-ring (bicyclic) bond motifs is 1. The van der Waals surface area contributed by atoms with Crippen LogP contribution in [0.15, 0.2) is 18.2 Å². The van der Waals surface area contributed by atoms with Crippen LogP contribution in [0.25, 0.3) is 0 Å². The molecule has 0 aliphatic carbocycles. The summed E-state index contributed by atoms with van der Waals surface area (Å²) < 4.78 is 6.31. The van der Waals surface area contributed by atoms with Crippen molar-refractivity contribution in [3.8, 4) is 5.75 Å². The van der Waals surface area contributed by atoms with E-state index in [9.17, 15) is 19.2 Å². The largest absolute Gasteiger partial charge is 0.486 e. The van der Waals surface area contributed by atoms with Gasteiger partial charge >= 0.3 is 0 Å². The highest BCUT2D eigenvalue weighted by Gasteiger charge is 2.44. The Balaban J connectivity index is 1.44. The molecule has 172 valence electrons. The van der Waals surface area contributed by atoms with Gasteiger partial charge in [0.25, 0.3) is 0 Å². The quantitative estimate of drug-likeness (QED) is 0.769. The molecule has 2 unspecified atom stereocenters. The van der Waals surface area contributed by atoms with Crippen LogP contribution in [0.3, 0.4) is 0 Å². The van der Waals surface area contributed by atoms with Gasteiger partial charge in [0.05, 0.1) is 12.0 Å². The molecule has 8 nitrogen and oxygen atoms in total. The standard InChI is InChI=1S/C24H31N3O5/c1-15-3-4-20-18(13-15)19(28)14-24(32-20)8-5-21(29)27(12-9-24)16(2)23(31)26-10-6-17(7-11-26)22(25)30/h3-4,13,16-17H,5-12,14H2,1-2H3,(H2,25,30). The number of benzene rings is 1. The van der Waals surface area contributed by atoms with Gasteiger partial charge in [-0.3, -0.25) is 19.2 Å². The van der Waals surface area contributed by atoms with E-state index in [4.69, 9.17) is 10.5 Å². The van der Waals surface area contributed by atoms with Crippen LogP contribution in [0.2, 0.25) is 0 Å². The molecule has 32 heavy (non-hydrogen) atoms. The number of hydrogen-bond acceptors (Lipinski definition) is 5. The van der Waals surface area contributed by atoms with E-state index in [1.165, 1.54) is 0 Å². The lowest BCUT2D eigenvalue weighted by Crippen LogP contribution is -2.52. The Morgan fingerprint density at radius 1 is 1.16 bits per heavy atom. The lowest BCUT2D eigenvalue weighted by molar-refractivity contribution is -0.146. The Bertz CT molecular complexity index is 953. The summed E-state index contributed by atoms with van der Waals surface area (Å²) in [6, 6.07) is 5.00. The molecule has 3 amide bonds. The number of nitrogens with two attached hydrogens (primary N) is 1. The topological polar surface area (TPSA) is 110 Å². The maximum atomic E-state index is 13.1. The van der Waals surface area contributed by atoms with Gasteiger partial charge in [0.15, 0.2) is 5.78 Å². The molecular weight excluding hydrogens is 410 g/mol. The molecule has 2 atom stereocenters. The van der Waals surface area contributed by atoms with Crippen LogP contribution in [0, 0.1) is 12.8 Å². The third-order valence-corrected chi connectivity index (χ3v) is 7.20. The number of ether oxygens (including phenoxy) is 1. The van der Waals surface area contributed by atoms with Crippen LogP contribution in [0.5, 0.6) is 5.75 Å². The number of carbonyl (C=O) groups is 4. The molecule has 2 fully saturated rings. The highest BCUT2D eigenvalue weighted by atomic mass is 16.5. The molecule has 0 radical (unpaired) electrons. The molecular formula is C24H31N3O5. The van der Waals surface area contributed by atoms with Crippen molar-refractivity contribution < 1.29 is 23.9 Å². The van der Waals surface area contributed by atoms with Crippen molar-refractivity contribution in [2.24, 2.45) is 11.7 Å². The summed E-state index contributed by atoms with van der Waals surface area (Å²) >= 11 is 0. The van der Waals surface area contributed by atoms with E-state index in [1.807, 2.05) is 25.1 Å². The number of piperidine rings is 1. The Morgan fingerprint density at radius 2 is 1.88 bits per heavy atom. The average molecular weight is 442 g/mol. The lowest BCUT2D eigenvalue weighted by Gasteiger charge is -2.38. The monoisotopic (exact) mass is 441 g/mol. The number of nitrogens with zero attached hydrogens (tertiary/aromatic N) is 2. The van der Waals surface area contributed by atoms with Gasteiger partial charge in [-0.15, -0.1) is 0 Å². The van der Waals surface area contributed by atoms with E-state index in [1.54, 1.807) is 16.7 Å². The van der Waals surface area contributed by atoms with Crippen molar-refractivity contribution >= 4 is 23.5 Å². The molecule has 0 bridgehead atoms. The first-order chi connectivity index (χ1) is 15.2. The summed E-state index contributed by atoms with van der Waals surface area (Å²) in [6.07, 6.45) is 2.54. The van der Waals surface area contributed by atoms with Gasteiger partial charge in [0.1, 0.15) is 17.4 Å². The molecule has 0 aromatic heterocycles. The van der Waals surface area contributed by atoms with Crippen LogP contribution in [-0.4, -0.2) is 64.6 Å². The zero-order valence-corrected chi connectivity index (χ0v) is 18.8. The van der Waals surface area contributed by atoms with Gasteiger partial charge in [-0.2, -0.15) is 0 Å². The zero-order valence-electron chi connectivity index (χ0n) is 18.8. The van der Waals surface area contributed by atoms with Gasteiger partial charge in [-0.1, -0.05) is 11.6 Å². The van der Waals surface area contributed by atoms with Crippen LogP contribution in [0.1, 0.15) is 61.4 Å². The normalized spacial score (nSPS) is 25.2. The van der Waals surface area contributed by atoms with Crippen molar-refractivity contribution in [2.45, 2.75) is 64.0 Å². The van der Waals surface area contributed by atoms with Gasteiger partial charge in [0.2, 0.25) is 17.7 Å². The minimum absolute atomic E-state index is 0.0392. The molecule has 3 aliphatic rings. The number of hydrogen-bond donors (Lipinski definition) is 1. The van der Waals surface area contributed by atoms with Gasteiger partial charge < -0.3 is 20.3 Å². The third kappa shape index (κ3) is 4.23. The van der Waals surface area contributed by atoms with Crippen molar-refractivity contribution in [3.05, 3.63) is 29.3 Å². The molecule has 2 N–H and O–H groups in total. The zero-order chi connectivity index (χ0) is 23.0. The first kappa shape index (κ1) is 22.3. The molecule has 1 aromatic rings. The number of ketones is 1. The predicted molar refractivity (Wildman–Crippen MR) is 117 cm³/mol. The number of rotatable bonds is 3. The minimum atomic E-state index is -0.716. The summed E-state index contributed by atoms with van der Waals surface area (Å²) in [5.41, 5.74) is 6.28. The van der Waals surface area contributed by atoms with E-state index >= 15 is 0 Å². The SMILES string of the molecule is Cc1ccc2c(c1)C(=O)CC1(CCC(=O)N(C(C)C(=O)N3CCC(C(N)=O)CC3)CC1)O2. The maximum absolute atomic E-state index is 13.1. The van der Waals surface area contributed by atoms with E-state index in [0.29, 0.717) is 56.6 Å². The molecule has 3 heterocycles. The van der Waals surface area contributed by atoms with Gasteiger partial charge in [-0.25, -0.2) is 0 Å². The first-order valence-corrected chi connectivity index (χ1v) is 11.4.